The van der Waals surface area contributed by atoms with Crippen LogP contribution in [0.5, 0.6) is 0 Å². The summed E-state index contributed by atoms with van der Waals surface area (Å²) in [5, 5.41) is 3.03. The van der Waals surface area contributed by atoms with Crippen molar-refractivity contribution in [2.24, 2.45) is 0 Å². The number of hydrogen-bond acceptors (Lipinski definition) is 5. The fourth-order valence-corrected chi connectivity index (χ4v) is 7.50. The van der Waals surface area contributed by atoms with Crippen LogP contribution in [0, 0.1) is 0 Å². The Hall–Kier alpha value is -3.90. The molecule has 2 aliphatic heterocycles. The summed E-state index contributed by atoms with van der Waals surface area (Å²) in [5.74, 6) is -0.314. The molecule has 1 amide bonds. The van der Waals surface area contributed by atoms with Gasteiger partial charge in [-0.05, 0) is 106 Å². The van der Waals surface area contributed by atoms with Crippen molar-refractivity contribution in [3.63, 3.8) is 0 Å². The van der Waals surface area contributed by atoms with Crippen LogP contribution in [-0.4, -0.2) is 49.6 Å². The van der Waals surface area contributed by atoms with Gasteiger partial charge in [0.25, 0.3) is 0 Å². The van der Waals surface area contributed by atoms with Crippen LogP contribution in [0.4, 0.5) is 32.0 Å². The maximum absolute atomic E-state index is 13.4. The van der Waals surface area contributed by atoms with Gasteiger partial charge in [0, 0.05) is 17.5 Å². The highest BCUT2D eigenvalue weighted by atomic mass is 19.4. The average Bonchev–Trinajstić information content (AvgIpc) is 3.37. The molecule has 3 aromatic rings. The number of alkyl halides is 6. The molecule has 276 valence electrons. The van der Waals surface area contributed by atoms with E-state index in [0.29, 0.717) is 50.8 Å². The molecule has 1 fully saturated rings. The van der Waals surface area contributed by atoms with Gasteiger partial charge in [-0.15, -0.1) is 0 Å². The van der Waals surface area contributed by atoms with E-state index in [9.17, 15) is 35.9 Å². The second-order valence-electron chi connectivity index (χ2n) is 13.6. The predicted molar refractivity (Wildman–Crippen MR) is 181 cm³/mol. The molecule has 0 bridgehead atoms. The van der Waals surface area contributed by atoms with Gasteiger partial charge in [0.15, 0.2) is 0 Å². The Kier molecular flexibility index (Phi) is 12.2. The molecule has 51 heavy (non-hydrogen) atoms. The van der Waals surface area contributed by atoms with E-state index in [2.05, 4.69) is 10.2 Å². The Bertz CT molecular complexity index is 1600. The number of esters is 1. The number of unbranched alkanes of at least 4 members (excludes halogenated alkanes) is 1. The maximum atomic E-state index is 13.4. The second kappa shape index (κ2) is 16.2. The summed E-state index contributed by atoms with van der Waals surface area (Å²) in [4.78, 5) is 27.8. The van der Waals surface area contributed by atoms with E-state index in [-0.39, 0.29) is 43.1 Å². The van der Waals surface area contributed by atoms with Crippen LogP contribution in [0.1, 0.15) is 86.1 Å². The number of fused-ring (bicyclic) bond motifs is 1. The number of para-hydroxylation sites is 1. The minimum absolute atomic E-state index is 0.0436. The number of amides is 1. The molecule has 2 heterocycles. The van der Waals surface area contributed by atoms with Crippen LogP contribution < -0.4 is 5.32 Å². The minimum Gasteiger partial charge on any atom is -0.466 e. The fraction of sp³-hybridized carbons (Fsp3) is 0.487. The van der Waals surface area contributed by atoms with E-state index in [4.69, 9.17) is 9.47 Å². The average molecular weight is 719 g/mol. The minimum atomic E-state index is -4.92. The van der Waals surface area contributed by atoms with Crippen LogP contribution in [0.3, 0.4) is 0 Å². The largest absolute Gasteiger partial charge is 0.466 e. The number of nitrogens with one attached hydrogen (secondary N) is 1. The number of benzene rings is 3. The molecule has 1 atom stereocenters. The van der Waals surface area contributed by atoms with Gasteiger partial charge in [0.1, 0.15) is 0 Å². The molecular formula is C39H44F6N2O4. The summed E-state index contributed by atoms with van der Waals surface area (Å²) in [6.45, 7) is 4.10. The summed E-state index contributed by atoms with van der Waals surface area (Å²) in [6.07, 6.45) is -4.85. The number of carbonyl (C=O) groups is 2. The van der Waals surface area contributed by atoms with E-state index in [1.54, 1.807) is 6.92 Å². The molecule has 6 nitrogen and oxygen atoms in total. The van der Waals surface area contributed by atoms with Gasteiger partial charge in [0.2, 0.25) is 5.91 Å². The lowest BCUT2D eigenvalue weighted by molar-refractivity contribution is -0.144. The Morgan fingerprint density at radius 2 is 1.47 bits per heavy atom. The molecule has 1 N–H and O–H groups in total. The maximum Gasteiger partial charge on any atom is 0.416 e. The Morgan fingerprint density at radius 3 is 2.12 bits per heavy atom. The highest BCUT2D eigenvalue weighted by Crippen LogP contribution is 2.45. The van der Waals surface area contributed by atoms with Gasteiger partial charge in [-0.1, -0.05) is 55.0 Å². The van der Waals surface area contributed by atoms with Crippen molar-refractivity contribution in [3.05, 3.63) is 101 Å². The summed E-state index contributed by atoms with van der Waals surface area (Å²) in [6, 6.07) is 18.9. The van der Waals surface area contributed by atoms with Gasteiger partial charge in [-0.25, -0.2) is 0 Å². The van der Waals surface area contributed by atoms with Crippen molar-refractivity contribution in [3.8, 4) is 0 Å². The number of hydrogen-bond donors (Lipinski definition) is 1. The van der Waals surface area contributed by atoms with Crippen molar-refractivity contribution >= 4 is 17.6 Å². The van der Waals surface area contributed by atoms with E-state index in [1.165, 1.54) is 0 Å². The molecule has 0 aromatic heterocycles. The van der Waals surface area contributed by atoms with Crippen LogP contribution in [0.2, 0.25) is 0 Å². The van der Waals surface area contributed by atoms with Crippen LogP contribution in [0.25, 0.3) is 0 Å². The van der Waals surface area contributed by atoms with Crippen molar-refractivity contribution < 1.29 is 45.4 Å². The third-order valence-electron chi connectivity index (χ3n) is 10.2. The zero-order valence-electron chi connectivity index (χ0n) is 28.7. The molecular weight excluding hydrogens is 674 g/mol. The third-order valence-corrected chi connectivity index (χ3v) is 10.2. The monoisotopic (exact) mass is 718 g/mol. The fourth-order valence-electron chi connectivity index (χ4n) is 7.50. The Balaban J connectivity index is 1.19. The molecule has 0 saturated carbocycles. The zero-order valence-corrected chi connectivity index (χ0v) is 28.7. The first-order valence-corrected chi connectivity index (χ1v) is 17.5. The molecule has 0 radical (unpaired) electrons. The third kappa shape index (κ3) is 9.32. The number of piperidine rings is 1. The first-order valence-electron chi connectivity index (χ1n) is 17.5. The van der Waals surface area contributed by atoms with Crippen LogP contribution in [0.15, 0.2) is 72.8 Å². The molecule has 2 aliphatic rings. The van der Waals surface area contributed by atoms with E-state index in [1.807, 2.05) is 54.6 Å². The van der Waals surface area contributed by atoms with Gasteiger partial charge >= 0.3 is 18.3 Å². The second-order valence-corrected chi connectivity index (χ2v) is 13.6. The molecule has 0 spiro atoms. The Morgan fingerprint density at radius 1 is 0.843 bits per heavy atom. The van der Waals surface area contributed by atoms with Crippen LogP contribution >= 0.6 is 0 Å². The smallest absolute Gasteiger partial charge is 0.416 e. The number of likely N-dealkylation sites (tertiary alicyclic amines) is 1. The summed E-state index contributed by atoms with van der Waals surface area (Å²) < 4.78 is 91.5. The molecule has 0 aliphatic carbocycles. The topological polar surface area (TPSA) is 67.9 Å². The molecule has 12 heteroatoms. The highest BCUT2D eigenvalue weighted by Gasteiger charge is 2.46. The number of halogens is 6. The molecule has 5 rings (SSSR count). The van der Waals surface area contributed by atoms with Gasteiger partial charge < -0.3 is 19.7 Å². The van der Waals surface area contributed by atoms with E-state index >= 15 is 0 Å². The SMILES string of the molecule is CCOC(=O)CCCC1(CCCCN2CCC(COCc3cc(C(F)(F)F)cc(C(F)(F)F)c3)(c3ccccc3)CC2)C(=O)Nc2ccccc21. The number of carbonyl (C=O) groups excluding carboxylic acids is 2. The normalized spacial score (nSPS) is 19.1. The summed E-state index contributed by atoms with van der Waals surface area (Å²) >= 11 is 0. The first-order chi connectivity index (χ1) is 24.3. The zero-order chi connectivity index (χ0) is 36.7. The number of anilines is 1. The van der Waals surface area contributed by atoms with Gasteiger partial charge in [-0.2, -0.15) is 26.3 Å². The van der Waals surface area contributed by atoms with Crippen molar-refractivity contribution in [2.45, 2.75) is 88.1 Å². The molecule has 1 unspecified atom stereocenters. The lowest BCUT2D eigenvalue weighted by Crippen LogP contribution is -2.45. The number of nitrogens with zero attached hydrogens (tertiary/aromatic N) is 1. The van der Waals surface area contributed by atoms with Crippen molar-refractivity contribution in [1.82, 2.24) is 4.90 Å². The van der Waals surface area contributed by atoms with Crippen molar-refractivity contribution in [2.75, 3.05) is 38.2 Å². The van der Waals surface area contributed by atoms with E-state index in [0.717, 1.165) is 49.3 Å². The molecule has 3 aromatic carbocycles. The lowest BCUT2D eigenvalue weighted by atomic mass is 9.73. The predicted octanol–water partition coefficient (Wildman–Crippen LogP) is 9.07. The van der Waals surface area contributed by atoms with Gasteiger partial charge in [0.05, 0.1) is 36.4 Å². The number of ether oxygens (including phenoxy) is 2. The summed E-state index contributed by atoms with van der Waals surface area (Å²) in [7, 11) is 0. The molecule has 1 saturated heterocycles. The van der Waals surface area contributed by atoms with Crippen LogP contribution in [-0.2, 0) is 48.9 Å². The Labute approximate surface area is 294 Å². The first kappa shape index (κ1) is 38.3. The van der Waals surface area contributed by atoms with Crippen molar-refractivity contribution in [1.29, 1.82) is 0 Å². The quantitative estimate of drug-likeness (QED) is 0.0966. The highest BCUT2D eigenvalue weighted by molar-refractivity contribution is 6.06. The lowest BCUT2D eigenvalue weighted by Gasteiger charge is -2.42. The summed E-state index contributed by atoms with van der Waals surface area (Å²) in [5.41, 5.74) is -1.29. The van der Waals surface area contributed by atoms with E-state index < -0.39 is 34.3 Å². The number of rotatable bonds is 15. The standard InChI is InChI=1S/C39H44F6N2O4/c1-2-51-34(48)15-10-17-37(32-13-6-7-14-33(32)46-35(37)49)16-8-9-20-47-21-18-36(19-22-47,29-11-4-3-5-12-29)27-50-26-28-23-30(38(40,41)42)25-31(24-28)39(43,44)45/h3-7,11-14,23-25H,2,8-10,15-22,26-27H2,1H3,(H,46,49). The van der Waals surface area contributed by atoms with Gasteiger partial charge in [-0.3, -0.25) is 9.59 Å².